The number of hydrogen-bond donors (Lipinski definition) is 0. The number of fused-ring (bicyclic) bond motifs is 1. The number of hydrogen-bond acceptors (Lipinski definition) is 11. The lowest BCUT2D eigenvalue weighted by Gasteiger charge is -2.40. The van der Waals surface area contributed by atoms with Crippen LogP contribution in [0.1, 0.15) is 66.5 Å². The van der Waals surface area contributed by atoms with Crippen molar-refractivity contribution in [2.75, 3.05) is 6.61 Å². The third-order valence-electron chi connectivity index (χ3n) is 5.27. The van der Waals surface area contributed by atoms with Crippen LogP contribution in [0.15, 0.2) is 24.3 Å². The summed E-state index contributed by atoms with van der Waals surface area (Å²) in [4.78, 5) is 71.8. The summed E-state index contributed by atoms with van der Waals surface area (Å²) < 4.78 is 27.2. The first-order valence-electron chi connectivity index (χ1n) is 10.7. The predicted octanol–water partition coefficient (Wildman–Crippen LogP) is 1.80. The van der Waals surface area contributed by atoms with E-state index in [1.807, 2.05) is 0 Å². The summed E-state index contributed by atoms with van der Waals surface area (Å²) in [6.45, 7) is 4.32. The molecule has 1 saturated heterocycles. The van der Waals surface area contributed by atoms with Crippen LogP contribution in [0, 0.1) is 0 Å². The zero-order valence-electron chi connectivity index (χ0n) is 19.5. The fourth-order valence-corrected chi connectivity index (χ4v) is 4.01. The minimum atomic E-state index is -1.10. The highest BCUT2D eigenvalue weighted by molar-refractivity contribution is 6.23. The second-order valence-electron chi connectivity index (χ2n) is 7.99. The molecular weight excluding hydrogens is 464 g/mol. The molecule has 1 aromatic rings. The van der Waals surface area contributed by atoms with Gasteiger partial charge in [-0.2, -0.15) is 0 Å². The van der Waals surface area contributed by atoms with E-state index in [1.54, 1.807) is 0 Å². The summed E-state index contributed by atoms with van der Waals surface area (Å²) in [5, 5.41) is 0. The fourth-order valence-electron chi connectivity index (χ4n) is 4.01. The van der Waals surface area contributed by atoms with Crippen molar-refractivity contribution in [3.8, 4) is 5.75 Å². The Morgan fingerprint density at radius 3 is 2.14 bits per heavy atom. The number of ketones is 2. The van der Waals surface area contributed by atoms with E-state index >= 15 is 0 Å². The van der Waals surface area contributed by atoms with Gasteiger partial charge in [-0.05, 0) is 18.2 Å². The third kappa shape index (κ3) is 5.99. The summed E-state index contributed by atoms with van der Waals surface area (Å²) in [5.41, 5.74) is 0.178. The molecule has 4 atom stereocenters. The second kappa shape index (κ2) is 10.6. The van der Waals surface area contributed by atoms with E-state index in [0.29, 0.717) is 0 Å². The summed E-state index contributed by atoms with van der Waals surface area (Å²) >= 11 is 0. The highest BCUT2D eigenvalue weighted by Crippen LogP contribution is 2.42. The Kier molecular flexibility index (Phi) is 7.80. The van der Waals surface area contributed by atoms with Crippen molar-refractivity contribution < 1.29 is 52.5 Å². The van der Waals surface area contributed by atoms with Gasteiger partial charge in [0.15, 0.2) is 17.7 Å². The number of carbonyl (C=O) groups excluding carboxylic acids is 6. The van der Waals surface area contributed by atoms with Crippen LogP contribution in [-0.2, 0) is 38.1 Å². The molecule has 0 amide bonds. The van der Waals surface area contributed by atoms with Crippen LogP contribution >= 0.6 is 0 Å². The number of rotatable bonds is 6. The van der Waals surface area contributed by atoms with Crippen LogP contribution in [-0.4, -0.2) is 60.4 Å². The first kappa shape index (κ1) is 25.8. The molecule has 0 saturated carbocycles. The molecule has 186 valence electrons. The standard InChI is InChI=1S/C24H24O11/c1-11(25)31-10-21-24(34-14(4)28)20(32-12(2)26)9-19(35-21)16-6-5-15-17(29)7-8-18(30)22(15)23(16)33-13(3)27/h5-8,19-21,24H,9-10H2,1-4H3/t19-,20-,21-,24+/m1/s1. The number of ether oxygens (including phenoxy) is 5. The van der Waals surface area contributed by atoms with Gasteiger partial charge in [-0.25, -0.2) is 0 Å². The van der Waals surface area contributed by atoms with Gasteiger partial charge in [-0.3, -0.25) is 28.8 Å². The SMILES string of the molecule is CC(=O)OC[C@H]1O[C@@H](c2ccc3c(c2OC(C)=O)C(=O)C=CC3=O)C[C@@H](OC(C)=O)[C@@H]1OC(C)=O. The first-order valence-corrected chi connectivity index (χ1v) is 10.7. The molecule has 0 radical (unpaired) electrons. The van der Waals surface area contributed by atoms with Crippen LogP contribution in [0.4, 0.5) is 0 Å². The molecule has 1 heterocycles. The predicted molar refractivity (Wildman–Crippen MR) is 116 cm³/mol. The Morgan fingerprint density at radius 2 is 1.54 bits per heavy atom. The van der Waals surface area contributed by atoms with Crippen LogP contribution in [0.2, 0.25) is 0 Å². The van der Waals surface area contributed by atoms with Crippen molar-refractivity contribution in [1.29, 1.82) is 0 Å². The molecule has 1 aliphatic carbocycles. The van der Waals surface area contributed by atoms with E-state index < -0.39 is 59.9 Å². The highest BCUT2D eigenvalue weighted by Gasteiger charge is 2.45. The van der Waals surface area contributed by atoms with Gasteiger partial charge < -0.3 is 23.7 Å². The average Bonchev–Trinajstić information content (AvgIpc) is 2.75. The molecule has 0 unspecified atom stereocenters. The quantitative estimate of drug-likeness (QED) is 0.328. The molecule has 1 fully saturated rings. The highest BCUT2D eigenvalue weighted by atomic mass is 16.6. The third-order valence-corrected chi connectivity index (χ3v) is 5.27. The van der Waals surface area contributed by atoms with Crippen molar-refractivity contribution in [3.63, 3.8) is 0 Å². The smallest absolute Gasteiger partial charge is 0.308 e. The Balaban J connectivity index is 2.09. The lowest BCUT2D eigenvalue weighted by Crippen LogP contribution is -2.51. The Hall–Kier alpha value is -3.86. The van der Waals surface area contributed by atoms with Gasteiger partial charge in [0.1, 0.15) is 24.6 Å². The molecular formula is C24H24O11. The zero-order valence-corrected chi connectivity index (χ0v) is 19.5. The summed E-state index contributed by atoms with van der Waals surface area (Å²) in [6, 6.07) is 2.87. The van der Waals surface area contributed by atoms with Crippen molar-refractivity contribution in [1.82, 2.24) is 0 Å². The topological polar surface area (TPSA) is 149 Å². The molecule has 0 N–H and O–H groups in total. The van der Waals surface area contributed by atoms with E-state index in [0.717, 1.165) is 26.0 Å². The van der Waals surface area contributed by atoms with Gasteiger partial charge >= 0.3 is 23.9 Å². The molecule has 11 nitrogen and oxygen atoms in total. The van der Waals surface area contributed by atoms with Crippen molar-refractivity contribution in [2.24, 2.45) is 0 Å². The van der Waals surface area contributed by atoms with Gasteiger partial charge in [0.25, 0.3) is 0 Å². The number of esters is 4. The number of allylic oxidation sites excluding steroid dienone is 2. The van der Waals surface area contributed by atoms with E-state index in [2.05, 4.69) is 0 Å². The molecule has 0 bridgehead atoms. The molecule has 35 heavy (non-hydrogen) atoms. The molecule has 11 heteroatoms. The summed E-state index contributed by atoms with van der Waals surface area (Å²) in [5.74, 6) is -3.84. The lowest BCUT2D eigenvalue weighted by molar-refractivity contribution is -0.216. The fraction of sp³-hybridized carbons (Fsp3) is 0.417. The van der Waals surface area contributed by atoms with Crippen molar-refractivity contribution in [2.45, 2.75) is 58.5 Å². The van der Waals surface area contributed by atoms with Crippen molar-refractivity contribution >= 4 is 35.4 Å². The van der Waals surface area contributed by atoms with Crippen LogP contribution in [0.5, 0.6) is 5.75 Å². The molecule has 0 spiro atoms. The normalized spacial score (nSPS) is 23.2. The zero-order chi connectivity index (χ0) is 25.9. The van der Waals surface area contributed by atoms with Crippen LogP contribution in [0.25, 0.3) is 0 Å². The molecule has 3 rings (SSSR count). The minimum absolute atomic E-state index is 0.0547. The second-order valence-corrected chi connectivity index (χ2v) is 7.99. The van der Waals surface area contributed by atoms with Gasteiger partial charge in [-0.1, -0.05) is 6.07 Å². The Labute approximate surface area is 200 Å². The monoisotopic (exact) mass is 488 g/mol. The van der Waals surface area contributed by atoms with E-state index in [4.69, 9.17) is 23.7 Å². The first-order chi connectivity index (χ1) is 16.5. The van der Waals surface area contributed by atoms with Crippen LogP contribution < -0.4 is 4.74 Å². The van der Waals surface area contributed by atoms with Gasteiger partial charge in [0, 0.05) is 45.2 Å². The lowest BCUT2D eigenvalue weighted by atomic mass is 9.87. The van der Waals surface area contributed by atoms with Gasteiger partial charge in [0.05, 0.1) is 11.7 Å². The largest absolute Gasteiger partial charge is 0.463 e. The van der Waals surface area contributed by atoms with Crippen molar-refractivity contribution in [3.05, 3.63) is 41.0 Å². The molecule has 2 aliphatic rings. The van der Waals surface area contributed by atoms with E-state index in [-0.39, 0.29) is 35.5 Å². The maximum absolute atomic E-state index is 12.6. The van der Waals surface area contributed by atoms with Gasteiger partial charge in [-0.15, -0.1) is 0 Å². The molecule has 0 aromatic heterocycles. The number of benzene rings is 1. The maximum Gasteiger partial charge on any atom is 0.308 e. The molecule has 1 aromatic carbocycles. The maximum atomic E-state index is 12.6. The number of carbonyl (C=O) groups is 6. The van der Waals surface area contributed by atoms with Gasteiger partial charge in [0.2, 0.25) is 0 Å². The summed E-state index contributed by atoms with van der Waals surface area (Å²) in [7, 11) is 0. The van der Waals surface area contributed by atoms with E-state index in [9.17, 15) is 28.8 Å². The summed E-state index contributed by atoms with van der Waals surface area (Å²) in [6.07, 6.45) is -2.01. The minimum Gasteiger partial charge on any atom is -0.463 e. The molecule has 1 aliphatic heterocycles. The average molecular weight is 488 g/mol. The Morgan fingerprint density at radius 1 is 0.886 bits per heavy atom. The Bertz CT molecular complexity index is 1120. The van der Waals surface area contributed by atoms with Crippen LogP contribution in [0.3, 0.4) is 0 Å². The van der Waals surface area contributed by atoms with E-state index in [1.165, 1.54) is 26.0 Å².